The van der Waals surface area contributed by atoms with Gasteiger partial charge in [-0.25, -0.2) is 0 Å². The van der Waals surface area contributed by atoms with E-state index in [0.29, 0.717) is 37.3 Å². The number of carbonyl (C=O) groups excluding carboxylic acids is 4. The number of allylic oxidation sites excluding steroid dienone is 8. The van der Waals surface area contributed by atoms with Crippen molar-refractivity contribution in [3.63, 3.8) is 0 Å². The fourth-order valence-electron chi connectivity index (χ4n) is 7.18. The zero-order valence-electron chi connectivity index (χ0n) is 23.7. The third-order valence-corrected chi connectivity index (χ3v) is 9.23. The summed E-state index contributed by atoms with van der Waals surface area (Å²) in [4.78, 5) is 57.7. The lowest BCUT2D eigenvalue weighted by atomic mass is 9.68. The van der Waals surface area contributed by atoms with Gasteiger partial charge in [0.05, 0.1) is 31.0 Å². The summed E-state index contributed by atoms with van der Waals surface area (Å²) in [7, 11) is 0. The predicted octanol–water partition coefficient (Wildman–Crippen LogP) is 3.46. The second-order valence-electron chi connectivity index (χ2n) is 11.7. The molecule has 0 aromatic heterocycles. The fourth-order valence-corrected chi connectivity index (χ4v) is 7.18. The SMILES string of the molecule is CCN(CCO)C1=CC(=C2C(=O)CC(C3CC(=O)C(=C4C=C(N5CCOCC5)CCC4)C(=O)C3)CC2=O)CCC1. The Balaban J connectivity index is 1.30. The van der Waals surface area contributed by atoms with Gasteiger partial charge in [-0.3, -0.25) is 19.2 Å². The van der Waals surface area contributed by atoms with Gasteiger partial charge in [-0.15, -0.1) is 0 Å². The number of morpholine rings is 1. The zero-order chi connectivity index (χ0) is 28.2. The summed E-state index contributed by atoms with van der Waals surface area (Å²) in [6, 6.07) is 0. The van der Waals surface area contributed by atoms with Gasteiger partial charge in [-0.1, -0.05) is 0 Å². The summed E-state index contributed by atoms with van der Waals surface area (Å²) in [5, 5.41) is 9.39. The maximum atomic E-state index is 13.3. The molecule has 216 valence electrons. The van der Waals surface area contributed by atoms with Crippen LogP contribution in [0.3, 0.4) is 0 Å². The first-order chi connectivity index (χ1) is 19.4. The first-order valence-electron chi connectivity index (χ1n) is 15.1. The number of ether oxygens (including phenoxy) is 1. The first-order valence-corrected chi connectivity index (χ1v) is 15.1. The number of aliphatic hydroxyl groups is 1. The molecular formula is C32H42N2O6. The minimum absolute atomic E-state index is 0.0547. The van der Waals surface area contributed by atoms with E-state index in [1.54, 1.807) is 0 Å². The monoisotopic (exact) mass is 550 g/mol. The average Bonchev–Trinajstić information content (AvgIpc) is 2.96. The van der Waals surface area contributed by atoms with Crippen molar-refractivity contribution < 1.29 is 29.0 Å². The average molecular weight is 551 g/mol. The maximum absolute atomic E-state index is 13.3. The Labute approximate surface area is 236 Å². The summed E-state index contributed by atoms with van der Waals surface area (Å²) in [5.41, 5.74) is 4.56. The predicted molar refractivity (Wildman–Crippen MR) is 150 cm³/mol. The van der Waals surface area contributed by atoms with Crippen LogP contribution in [-0.4, -0.2) is 84.0 Å². The highest BCUT2D eigenvalue weighted by atomic mass is 16.5. The minimum Gasteiger partial charge on any atom is -0.395 e. The standard InChI is InChI=1S/C32H42N2O6/c1-2-33(9-12-35)25-7-3-5-21(15-25)31-27(36)17-23(18-28(31)37)24-19-29(38)32(30(39)20-24)22-6-4-8-26(16-22)34-10-13-40-14-11-34/h15-16,23-24,35H,2-14,17-20H2,1H3. The van der Waals surface area contributed by atoms with Crippen LogP contribution in [0, 0.1) is 11.8 Å². The molecule has 1 heterocycles. The molecule has 0 unspecified atom stereocenters. The number of aliphatic hydroxyl groups excluding tert-OH is 1. The molecule has 8 nitrogen and oxygen atoms in total. The van der Waals surface area contributed by atoms with Gasteiger partial charge in [0.2, 0.25) is 0 Å². The second kappa shape index (κ2) is 12.8. The molecule has 0 spiro atoms. The lowest BCUT2D eigenvalue weighted by molar-refractivity contribution is -0.131. The van der Waals surface area contributed by atoms with Crippen LogP contribution >= 0.6 is 0 Å². The van der Waals surface area contributed by atoms with Crippen LogP contribution < -0.4 is 0 Å². The van der Waals surface area contributed by atoms with E-state index in [9.17, 15) is 24.3 Å². The number of rotatable bonds is 6. The minimum atomic E-state index is -0.275. The maximum Gasteiger partial charge on any atom is 0.167 e. The van der Waals surface area contributed by atoms with Gasteiger partial charge >= 0.3 is 0 Å². The van der Waals surface area contributed by atoms with Gasteiger partial charge in [0.25, 0.3) is 0 Å². The molecule has 4 aliphatic carbocycles. The van der Waals surface area contributed by atoms with Crippen molar-refractivity contribution in [2.75, 3.05) is 46.0 Å². The quantitative estimate of drug-likeness (QED) is 0.396. The molecule has 0 aromatic rings. The Kier molecular flexibility index (Phi) is 9.16. The van der Waals surface area contributed by atoms with E-state index in [1.807, 2.05) is 13.0 Å². The largest absolute Gasteiger partial charge is 0.395 e. The van der Waals surface area contributed by atoms with E-state index in [-0.39, 0.29) is 67.3 Å². The molecule has 1 saturated heterocycles. The Morgan fingerprint density at radius 2 is 1.32 bits per heavy atom. The molecule has 8 heteroatoms. The summed E-state index contributed by atoms with van der Waals surface area (Å²) >= 11 is 0. The van der Waals surface area contributed by atoms with Crippen LogP contribution in [0.2, 0.25) is 0 Å². The van der Waals surface area contributed by atoms with Crippen LogP contribution in [0.15, 0.2) is 45.8 Å². The summed E-state index contributed by atoms with van der Waals surface area (Å²) < 4.78 is 5.47. The topological polar surface area (TPSA) is 104 Å². The molecule has 1 N–H and O–H groups in total. The molecule has 1 aliphatic heterocycles. The van der Waals surface area contributed by atoms with Crippen molar-refractivity contribution in [2.24, 2.45) is 11.8 Å². The van der Waals surface area contributed by atoms with Gasteiger partial charge in [0.15, 0.2) is 23.1 Å². The van der Waals surface area contributed by atoms with E-state index in [4.69, 9.17) is 4.74 Å². The number of hydrogen-bond acceptors (Lipinski definition) is 8. The van der Waals surface area contributed by atoms with E-state index >= 15 is 0 Å². The van der Waals surface area contributed by atoms with Crippen LogP contribution in [0.25, 0.3) is 0 Å². The van der Waals surface area contributed by atoms with Crippen LogP contribution in [0.4, 0.5) is 0 Å². The van der Waals surface area contributed by atoms with Gasteiger partial charge < -0.3 is 19.6 Å². The Hall–Kier alpha value is -2.84. The molecule has 5 rings (SSSR count). The van der Waals surface area contributed by atoms with Crippen molar-refractivity contribution in [3.8, 4) is 0 Å². The Morgan fingerprint density at radius 1 is 0.800 bits per heavy atom. The van der Waals surface area contributed by atoms with Crippen molar-refractivity contribution in [2.45, 2.75) is 71.1 Å². The van der Waals surface area contributed by atoms with Gasteiger partial charge in [0, 0.05) is 63.3 Å². The van der Waals surface area contributed by atoms with Crippen molar-refractivity contribution in [1.82, 2.24) is 9.80 Å². The lowest BCUT2D eigenvalue weighted by Crippen LogP contribution is -2.37. The molecule has 0 amide bonds. The van der Waals surface area contributed by atoms with Gasteiger partial charge in [-0.2, -0.15) is 0 Å². The van der Waals surface area contributed by atoms with Crippen molar-refractivity contribution >= 4 is 23.1 Å². The number of nitrogens with zero attached hydrogens (tertiary/aromatic N) is 2. The molecule has 40 heavy (non-hydrogen) atoms. The molecule has 3 fully saturated rings. The Morgan fingerprint density at radius 3 is 1.85 bits per heavy atom. The number of ketones is 4. The fraction of sp³-hybridized carbons (Fsp3) is 0.625. The Bertz CT molecular complexity index is 1060. The normalized spacial score (nSPS) is 26.8. The molecule has 0 radical (unpaired) electrons. The zero-order valence-corrected chi connectivity index (χ0v) is 23.7. The van der Waals surface area contributed by atoms with E-state index < -0.39 is 0 Å². The molecule has 5 aliphatic rings. The number of likely N-dealkylation sites (N-methyl/N-ethyl adjacent to an activating group) is 1. The van der Waals surface area contributed by atoms with Crippen molar-refractivity contribution in [1.29, 1.82) is 0 Å². The van der Waals surface area contributed by atoms with E-state index in [2.05, 4.69) is 15.9 Å². The van der Waals surface area contributed by atoms with Crippen LogP contribution in [-0.2, 0) is 23.9 Å². The van der Waals surface area contributed by atoms with Crippen LogP contribution in [0.5, 0.6) is 0 Å². The molecule has 0 atom stereocenters. The molecular weight excluding hydrogens is 508 g/mol. The van der Waals surface area contributed by atoms with E-state index in [0.717, 1.165) is 68.6 Å². The third-order valence-electron chi connectivity index (χ3n) is 9.23. The number of hydrogen-bond donors (Lipinski definition) is 1. The van der Waals surface area contributed by atoms with Gasteiger partial charge in [-0.05, 0) is 80.6 Å². The van der Waals surface area contributed by atoms with Crippen LogP contribution in [0.1, 0.15) is 71.1 Å². The molecule has 2 saturated carbocycles. The first kappa shape index (κ1) is 28.7. The summed E-state index contributed by atoms with van der Waals surface area (Å²) in [5.74, 6) is -1.14. The highest BCUT2D eigenvalue weighted by Gasteiger charge is 2.42. The highest BCUT2D eigenvalue weighted by Crippen LogP contribution is 2.40. The lowest BCUT2D eigenvalue weighted by Gasteiger charge is -2.35. The summed E-state index contributed by atoms with van der Waals surface area (Å²) in [6.45, 7) is 6.41. The smallest absolute Gasteiger partial charge is 0.167 e. The number of Topliss-reactive ketones (excluding diaryl/α,β-unsaturated/α-hetero) is 4. The van der Waals surface area contributed by atoms with Crippen molar-refractivity contribution in [3.05, 3.63) is 45.8 Å². The molecule has 0 bridgehead atoms. The third kappa shape index (κ3) is 6.08. The van der Waals surface area contributed by atoms with Gasteiger partial charge in [0.1, 0.15) is 0 Å². The van der Waals surface area contributed by atoms with E-state index in [1.165, 1.54) is 5.70 Å². The second-order valence-corrected chi connectivity index (χ2v) is 11.7. The number of carbonyl (C=O) groups is 4. The highest BCUT2D eigenvalue weighted by molar-refractivity contribution is 6.24. The summed E-state index contributed by atoms with van der Waals surface area (Å²) in [6.07, 6.45) is 9.90. The molecule has 0 aromatic carbocycles.